The molecule has 1 unspecified atom stereocenters. The average molecular weight is 436 g/mol. The third-order valence-corrected chi connectivity index (χ3v) is 8.47. The highest BCUT2D eigenvalue weighted by molar-refractivity contribution is 7.89. The van der Waals surface area contributed by atoms with Gasteiger partial charge in [0.05, 0.1) is 17.6 Å². The van der Waals surface area contributed by atoms with Crippen LogP contribution in [0.2, 0.25) is 0 Å². The van der Waals surface area contributed by atoms with Crippen LogP contribution < -0.4 is 0 Å². The van der Waals surface area contributed by atoms with Crippen LogP contribution in [-0.2, 0) is 14.8 Å². The summed E-state index contributed by atoms with van der Waals surface area (Å²) in [4.78, 5) is 17.7. The zero-order valence-electron chi connectivity index (χ0n) is 17.8. The Morgan fingerprint density at radius 1 is 1.03 bits per heavy atom. The Balaban J connectivity index is 1.40. The highest BCUT2D eigenvalue weighted by atomic mass is 32.2. The number of rotatable bonds is 4. The zero-order valence-corrected chi connectivity index (χ0v) is 18.6. The second-order valence-electron chi connectivity index (χ2n) is 8.69. The van der Waals surface area contributed by atoms with Gasteiger partial charge in [0.1, 0.15) is 0 Å². The number of benzene rings is 1. The molecule has 0 saturated carbocycles. The maximum Gasteiger partial charge on any atom is 0.253 e. The Hall–Kier alpha value is -1.48. The number of hydrogen-bond acceptors (Lipinski definition) is 5. The van der Waals surface area contributed by atoms with Gasteiger partial charge in [0.2, 0.25) is 10.0 Å². The molecule has 1 aromatic carbocycles. The number of likely N-dealkylation sites (tertiary alicyclic amines) is 1. The van der Waals surface area contributed by atoms with Crippen molar-refractivity contribution >= 4 is 15.9 Å². The topological polar surface area (TPSA) is 70.2 Å². The van der Waals surface area contributed by atoms with Crippen molar-refractivity contribution in [2.24, 2.45) is 0 Å². The van der Waals surface area contributed by atoms with Gasteiger partial charge >= 0.3 is 0 Å². The molecular formula is C22H33N3O4S. The van der Waals surface area contributed by atoms with Crippen molar-refractivity contribution in [3.63, 3.8) is 0 Å². The number of nitrogens with zero attached hydrogens (tertiary/aromatic N) is 3. The first-order valence-electron chi connectivity index (χ1n) is 11.2. The van der Waals surface area contributed by atoms with Gasteiger partial charge in [-0.15, -0.1) is 0 Å². The first-order chi connectivity index (χ1) is 14.4. The number of piperidine rings is 2. The third kappa shape index (κ3) is 4.72. The molecule has 7 nitrogen and oxygen atoms in total. The number of carbonyl (C=O) groups is 1. The van der Waals surface area contributed by atoms with Crippen molar-refractivity contribution in [3.8, 4) is 0 Å². The van der Waals surface area contributed by atoms with E-state index in [0.717, 1.165) is 51.8 Å². The van der Waals surface area contributed by atoms with Gasteiger partial charge in [-0.1, -0.05) is 12.5 Å². The lowest BCUT2D eigenvalue weighted by Crippen LogP contribution is -2.51. The molecule has 0 spiro atoms. The molecule has 4 rings (SSSR count). The van der Waals surface area contributed by atoms with E-state index in [9.17, 15) is 13.2 Å². The lowest BCUT2D eigenvalue weighted by Gasteiger charge is -2.41. The molecule has 3 saturated heterocycles. The van der Waals surface area contributed by atoms with Gasteiger partial charge in [-0.05, 0) is 50.8 Å². The fourth-order valence-corrected chi connectivity index (χ4v) is 6.40. The SMILES string of the molecule is CC1CN(C2CCN(C(=O)c3cccc(S(=O)(=O)N4CCCCC4)c3)CC2)CCO1. The highest BCUT2D eigenvalue weighted by Gasteiger charge is 2.31. The van der Waals surface area contributed by atoms with Crippen LogP contribution in [0.3, 0.4) is 0 Å². The van der Waals surface area contributed by atoms with E-state index >= 15 is 0 Å². The molecule has 0 aliphatic carbocycles. The molecular weight excluding hydrogens is 402 g/mol. The van der Waals surface area contributed by atoms with Gasteiger partial charge in [0.25, 0.3) is 5.91 Å². The smallest absolute Gasteiger partial charge is 0.253 e. The molecule has 1 amide bonds. The summed E-state index contributed by atoms with van der Waals surface area (Å²) >= 11 is 0. The van der Waals surface area contributed by atoms with Crippen LogP contribution in [0, 0.1) is 0 Å². The summed E-state index contributed by atoms with van der Waals surface area (Å²) in [5.41, 5.74) is 0.464. The monoisotopic (exact) mass is 435 g/mol. The Labute approximate surface area is 180 Å². The summed E-state index contributed by atoms with van der Waals surface area (Å²) in [5.74, 6) is -0.0699. The number of sulfonamides is 1. The van der Waals surface area contributed by atoms with E-state index in [0.29, 0.717) is 37.8 Å². The molecule has 3 aliphatic heterocycles. The normalized spacial score (nSPS) is 25.4. The molecule has 0 aromatic heterocycles. The summed E-state index contributed by atoms with van der Waals surface area (Å²) in [7, 11) is -3.53. The summed E-state index contributed by atoms with van der Waals surface area (Å²) in [5, 5.41) is 0. The summed E-state index contributed by atoms with van der Waals surface area (Å²) in [6.45, 7) is 7.34. The molecule has 3 fully saturated rings. The standard InChI is InChI=1S/C22H33N3O4S/c1-18-17-24(14-15-29-18)20-8-12-23(13-9-20)22(26)19-6-5-7-21(16-19)30(27,28)25-10-3-2-4-11-25/h5-7,16,18,20H,2-4,8-15,17H2,1H3. The van der Waals surface area contributed by atoms with Crippen LogP contribution in [0.1, 0.15) is 49.4 Å². The lowest BCUT2D eigenvalue weighted by molar-refractivity contribution is -0.0423. The fourth-order valence-electron chi connectivity index (χ4n) is 4.84. The summed E-state index contributed by atoms with van der Waals surface area (Å²) in [6.07, 6.45) is 5.03. The zero-order chi connectivity index (χ0) is 21.1. The van der Waals surface area contributed by atoms with Crippen LogP contribution in [0.25, 0.3) is 0 Å². The third-order valence-electron chi connectivity index (χ3n) is 6.57. The van der Waals surface area contributed by atoms with Crippen LogP contribution in [-0.4, -0.2) is 86.5 Å². The molecule has 0 N–H and O–H groups in total. The number of morpholine rings is 1. The van der Waals surface area contributed by atoms with Crippen molar-refractivity contribution in [2.75, 3.05) is 45.9 Å². The van der Waals surface area contributed by atoms with Crippen LogP contribution >= 0.6 is 0 Å². The van der Waals surface area contributed by atoms with E-state index in [1.165, 1.54) is 0 Å². The second kappa shape index (κ2) is 9.34. The van der Waals surface area contributed by atoms with Crippen molar-refractivity contribution in [1.29, 1.82) is 0 Å². The van der Waals surface area contributed by atoms with Crippen LogP contribution in [0.5, 0.6) is 0 Å². The van der Waals surface area contributed by atoms with Crippen molar-refractivity contribution in [3.05, 3.63) is 29.8 Å². The molecule has 1 atom stereocenters. The molecule has 3 heterocycles. The minimum absolute atomic E-state index is 0.0699. The van der Waals surface area contributed by atoms with E-state index < -0.39 is 10.0 Å². The Kier molecular flexibility index (Phi) is 6.77. The van der Waals surface area contributed by atoms with Gasteiger partial charge < -0.3 is 9.64 Å². The minimum Gasteiger partial charge on any atom is -0.376 e. The molecule has 30 heavy (non-hydrogen) atoms. The largest absolute Gasteiger partial charge is 0.376 e. The maximum atomic E-state index is 13.1. The first-order valence-corrected chi connectivity index (χ1v) is 12.6. The summed E-state index contributed by atoms with van der Waals surface area (Å²) < 4.78 is 33.1. The van der Waals surface area contributed by atoms with Crippen molar-refractivity contribution in [2.45, 2.75) is 56.1 Å². The molecule has 1 aromatic rings. The quantitative estimate of drug-likeness (QED) is 0.725. The maximum absolute atomic E-state index is 13.1. The van der Waals surface area contributed by atoms with Crippen molar-refractivity contribution < 1.29 is 17.9 Å². The fraction of sp³-hybridized carbons (Fsp3) is 0.682. The van der Waals surface area contributed by atoms with Crippen molar-refractivity contribution in [1.82, 2.24) is 14.1 Å². The van der Waals surface area contributed by atoms with E-state index in [2.05, 4.69) is 11.8 Å². The molecule has 8 heteroatoms. The molecule has 0 bridgehead atoms. The summed E-state index contributed by atoms with van der Waals surface area (Å²) in [6, 6.07) is 7.07. The van der Waals surface area contributed by atoms with Gasteiger partial charge in [-0.3, -0.25) is 9.69 Å². The number of amides is 1. The average Bonchev–Trinajstić information content (AvgIpc) is 2.79. The van der Waals surface area contributed by atoms with Gasteiger partial charge in [-0.25, -0.2) is 8.42 Å². The van der Waals surface area contributed by atoms with E-state index in [1.54, 1.807) is 28.6 Å². The Morgan fingerprint density at radius 2 is 1.77 bits per heavy atom. The van der Waals surface area contributed by atoms with E-state index in [-0.39, 0.29) is 16.9 Å². The van der Waals surface area contributed by atoms with E-state index in [1.807, 2.05) is 4.90 Å². The predicted molar refractivity (Wildman–Crippen MR) is 115 cm³/mol. The number of hydrogen-bond donors (Lipinski definition) is 0. The Bertz CT molecular complexity index is 846. The first kappa shape index (κ1) is 21.7. The lowest BCUT2D eigenvalue weighted by atomic mass is 10.0. The van der Waals surface area contributed by atoms with Crippen LogP contribution in [0.15, 0.2) is 29.2 Å². The number of ether oxygens (including phenoxy) is 1. The van der Waals surface area contributed by atoms with Gasteiger partial charge in [0.15, 0.2) is 0 Å². The second-order valence-corrected chi connectivity index (χ2v) is 10.6. The van der Waals surface area contributed by atoms with Gasteiger partial charge in [0, 0.05) is 50.9 Å². The minimum atomic E-state index is -3.53. The Morgan fingerprint density at radius 3 is 2.47 bits per heavy atom. The predicted octanol–water partition coefficient (Wildman–Crippen LogP) is 2.19. The molecule has 0 radical (unpaired) electrons. The van der Waals surface area contributed by atoms with Crippen LogP contribution in [0.4, 0.5) is 0 Å². The molecule has 3 aliphatic rings. The highest BCUT2D eigenvalue weighted by Crippen LogP contribution is 2.24. The van der Waals surface area contributed by atoms with E-state index in [4.69, 9.17) is 4.74 Å². The molecule has 166 valence electrons. The van der Waals surface area contributed by atoms with Gasteiger partial charge in [-0.2, -0.15) is 4.31 Å². The number of carbonyl (C=O) groups excluding carboxylic acids is 1.